The normalized spacial score (nSPS) is 10.3. The summed E-state index contributed by atoms with van der Waals surface area (Å²) in [4.78, 5) is 7.72. The lowest BCUT2D eigenvalue weighted by Crippen LogP contribution is -1.81. The second-order valence-corrected chi connectivity index (χ2v) is 3.61. The maximum atomic E-state index is 12.7. The van der Waals surface area contributed by atoms with Gasteiger partial charge in [-0.1, -0.05) is 11.6 Å². The van der Waals surface area contributed by atoms with Crippen molar-refractivity contribution in [1.29, 1.82) is 0 Å². The van der Waals surface area contributed by atoms with Crippen LogP contribution in [0.2, 0.25) is 5.15 Å². The molecule has 0 aliphatic carbocycles. The summed E-state index contributed by atoms with van der Waals surface area (Å²) in [7, 11) is 0. The van der Waals surface area contributed by atoms with Crippen molar-refractivity contribution < 1.29 is 4.39 Å². The molecule has 0 aliphatic rings. The molecule has 0 amide bonds. The molecule has 0 unspecified atom stereocenters. The van der Waals surface area contributed by atoms with Gasteiger partial charge in [-0.25, -0.2) is 9.37 Å². The third-order valence-electron chi connectivity index (χ3n) is 1.43. The average Bonchev–Trinajstić information content (AvgIpc) is 2.52. The molecular formula is C8H4ClFN2S. The van der Waals surface area contributed by atoms with Gasteiger partial charge in [0.15, 0.2) is 0 Å². The fourth-order valence-corrected chi connectivity index (χ4v) is 1.84. The van der Waals surface area contributed by atoms with E-state index in [1.807, 2.05) is 0 Å². The number of halogens is 2. The lowest BCUT2D eigenvalue weighted by molar-refractivity contribution is 0.622. The molecule has 0 saturated carbocycles. The Morgan fingerprint density at radius 3 is 2.85 bits per heavy atom. The molecule has 0 radical (unpaired) electrons. The van der Waals surface area contributed by atoms with Crippen LogP contribution < -0.4 is 0 Å². The van der Waals surface area contributed by atoms with Crippen LogP contribution in [0.25, 0.3) is 10.6 Å². The molecule has 0 N–H and O–H groups in total. The summed E-state index contributed by atoms with van der Waals surface area (Å²) in [5.74, 6) is -0.371. The summed E-state index contributed by atoms with van der Waals surface area (Å²) in [6.45, 7) is 0. The number of aromatic nitrogens is 2. The molecule has 0 atom stereocenters. The number of pyridine rings is 1. The summed E-state index contributed by atoms with van der Waals surface area (Å²) in [5, 5.41) is 2.79. The third-order valence-corrected chi connectivity index (χ3v) is 2.64. The van der Waals surface area contributed by atoms with Gasteiger partial charge in [0.25, 0.3) is 0 Å². The van der Waals surface area contributed by atoms with Crippen molar-refractivity contribution >= 4 is 22.9 Å². The Bertz CT molecular complexity index is 430. The first kappa shape index (κ1) is 8.59. The highest BCUT2D eigenvalue weighted by atomic mass is 35.5. The van der Waals surface area contributed by atoms with E-state index < -0.39 is 0 Å². The number of thiazole rings is 1. The van der Waals surface area contributed by atoms with Crippen LogP contribution in [0.3, 0.4) is 0 Å². The van der Waals surface area contributed by atoms with E-state index in [-0.39, 0.29) is 5.82 Å². The van der Waals surface area contributed by atoms with Crippen LogP contribution in [0.4, 0.5) is 4.39 Å². The van der Waals surface area contributed by atoms with Gasteiger partial charge >= 0.3 is 0 Å². The summed E-state index contributed by atoms with van der Waals surface area (Å²) < 4.78 is 12.7. The zero-order valence-electron chi connectivity index (χ0n) is 6.37. The molecule has 0 fully saturated rings. The van der Waals surface area contributed by atoms with Crippen LogP contribution >= 0.6 is 22.9 Å². The highest BCUT2D eigenvalue weighted by molar-refractivity contribution is 7.13. The highest BCUT2D eigenvalue weighted by Gasteiger charge is 2.04. The maximum Gasteiger partial charge on any atom is 0.142 e. The van der Waals surface area contributed by atoms with E-state index in [0.717, 1.165) is 6.20 Å². The Hall–Kier alpha value is -1.000. The van der Waals surface area contributed by atoms with Crippen molar-refractivity contribution in [3.8, 4) is 10.6 Å². The lowest BCUT2D eigenvalue weighted by atomic mass is 10.3. The summed E-state index contributed by atoms with van der Waals surface area (Å²) in [6, 6.07) is 1.38. The Kier molecular flexibility index (Phi) is 2.24. The first-order chi connectivity index (χ1) is 6.25. The standard InChI is InChI=1S/C8H4ClFN2S/c9-7-4-13-8(12-7)5-1-6(10)3-11-2-5/h1-4H. The molecule has 13 heavy (non-hydrogen) atoms. The molecule has 2 rings (SSSR count). The first-order valence-electron chi connectivity index (χ1n) is 3.47. The molecule has 0 saturated heterocycles. The highest BCUT2D eigenvalue weighted by Crippen LogP contribution is 2.25. The molecule has 0 aliphatic heterocycles. The quantitative estimate of drug-likeness (QED) is 0.729. The minimum absolute atomic E-state index is 0.371. The van der Waals surface area contributed by atoms with Crippen molar-refractivity contribution in [2.75, 3.05) is 0 Å². The molecule has 0 aromatic carbocycles. The monoisotopic (exact) mass is 214 g/mol. The van der Waals surface area contributed by atoms with Crippen LogP contribution in [0.5, 0.6) is 0 Å². The largest absolute Gasteiger partial charge is 0.261 e. The van der Waals surface area contributed by atoms with E-state index >= 15 is 0 Å². The van der Waals surface area contributed by atoms with E-state index in [4.69, 9.17) is 11.6 Å². The molecule has 2 aromatic rings. The number of hydrogen-bond acceptors (Lipinski definition) is 3. The molecule has 2 heterocycles. The minimum Gasteiger partial charge on any atom is -0.261 e. The predicted molar refractivity (Wildman–Crippen MR) is 50.3 cm³/mol. The predicted octanol–water partition coefficient (Wildman–Crippen LogP) is 3.00. The van der Waals surface area contributed by atoms with Gasteiger partial charge in [0.05, 0.1) is 6.20 Å². The Balaban J connectivity index is 2.46. The smallest absolute Gasteiger partial charge is 0.142 e. The Labute approximate surface area is 83.0 Å². The minimum atomic E-state index is -0.371. The van der Waals surface area contributed by atoms with Gasteiger partial charge < -0.3 is 0 Å². The van der Waals surface area contributed by atoms with Crippen LogP contribution in [-0.4, -0.2) is 9.97 Å². The molecule has 0 spiro atoms. The van der Waals surface area contributed by atoms with Crippen LogP contribution in [0.1, 0.15) is 0 Å². The van der Waals surface area contributed by atoms with Crippen LogP contribution in [-0.2, 0) is 0 Å². The molecule has 0 bridgehead atoms. The van der Waals surface area contributed by atoms with E-state index in [2.05, 4.69) is 9.97 Å². The number of hydrogen-bond donors (Lipinski definition) is 0. The zero-order chi connectivity index (χ0) is 9.26. The zero-order valence-corrected chi connectivity index (χ0v) is 7.94. The number of nitrogens with zero attached hydrogens (tertiary/aromatic N) is 2. The van der Waals surface area contributed by atoms with Crippen molar-refractivity contribution in [2.45, 2.75) is 0 Å². The van der Waals surface area contributed by atoms with Crippen molar-refractivity contribution in [3.63, 3.8) is 0 Å². The third kappa shape index (κ3) is 1.84. The van der Waals surface area contributed by atoms with Crippen molar-refractivity contribution in [2.24, 2.45) is 0 Å². The maximum absolute atomic E-state index is 12.7. The van der Waals surface area contributed by atoms with E-state index in [0.29, 0.717) is 15.7 Å². The fraction of sp³-hybridized carbons (Fsp3) is 0. The van der Waals surface area contributed by atoms with Crippen molar-refractivity contribution in [1.82, 2.24) is 9.97 Å². The molecule has 5 heteroatoms. The van der Waals surface area contributed by atoms with Crippen LogP contribution in [0.15, 0.2) is 23.8 Å². The lowest BCUT2D eigenvalue weighted by Gasteiger charge is -1.93. The fourth-order valence-electron chi connectivity index (χ4n) is 0.916. The van der Waals surface area contributed by atoms with Gasteiger partial charge in [-0.05, 0) is 6.07 Å². The van der Waals surface area contributed by atoms with Gasteiger partial charge in [-0.3, -0.25) is 4.98 Å². The Morgan fingerprint density at radius 2 is 2.23 bits per heavy atom. The van der Waals surface area contributed by atoms with Crippen LogP contribution in [0, 0.1) is 5.82 Å². The molecule has 2 aromatic heterocycles. The number of rotatable bonds is 1. The van der Waals surface area contributed by atoms with Crippen molar-refractivity contribution in [3.05, 3.63) is 34.8 Å². The summed E-state index contributed by atoms with van der Waals surface area (Å²) in [6.07, 6.45) is 2.71. The first-order valence-corrected chi connectivity index (χ1v) is 4.73. The second kappa shape index (κ2) is 3.40. The molecule has 2 nitrogen and oxygen atoms in total. The van der Waals surface area contributed by atoms with Gasteiger partial charge in [0.2, 0.25) is 0 Å². The summed E-state index contributed by atoms with van der Waals surface area (Å²) >= 11 is 7.00. The van der Waals surface area contributed by atoms with E-state index in [1.165, 1.54) is 17.4 Å². The molecule has 66 valence electrons. The van der Waals surface area contributed by atoms with Gasteiger partial charge in [0.1, 0.15) is 16.0 Å². The Morgan fingerprint density at radius 1 is 1.38 bits per heavy atom. The van der Waals surface area contributed by atoms with Gasteiger partial charge in [0, 0.05) is 17.1 Å². The van der Waals surface area contributed by atoms with Gasteiger partial charge in [-0.2, -0.15) is 0 Å². The van der Waals surface area contributed by atoms with E-state index in [9.17, 15) is 4.39 Å². The van der Waals surface area contributed by atoms with E-state index in [1.54, 1.807) is 11.6 Å². The molecular weight excluding hydrogens is 211 g/mol. The SMILES string of the molecule is Fc1cncc(-c2nc(Cl)cs2)c1. The average molecular weight is 215 g/mol. The summed E-state index contributed by atoms with van der Waals surface area (Å²) in [5.41, 5.74) is 0.650. The van der Waals surface area contributed by atoms with Gasteiger partial charge in [-0.15, -0.1) is 11.3 Å². The second-order valence-electron chi connectivity index (χ2n) is 2.37. The topological polar surface area (TPSA) is 25.8 Å².